The van der Waals surface area contributed by atoms with Crippen LogP contribution in [0.5, 0.6) is 0 Å². The quantitative estimate of drug-likeness (QED) is 0.628. The maximum absolute atomic E-state index is 12.6. The Bertz CT molecular complexity index is 626. The molecule has 1 saturated carbocycles. The van der Waals surface area contributed by atoms with Crippen LogP contribution in [0.3, 0.4) is 0 Å². The van der Waals surface area contributed by atoms with Gasteiger partial charge in [0.05, 0.1) is 7.11 Å². The van der Waals surface area contributed by atoms with Crippen molar-refractivity contribution in [3.8, 4) is 0 Å². The highest BCUT2D eigenvalue weighted by Crippen LogP contribution is 2.32. The van der Waals surface area contributed by atoms with Crippen molar-refractivity contribution in [2.45, 2.75) is 37.6 Å². The fraction of sp³-hybridized carbons (Fsp3) is 0.500. The normalized spacial score (nSPS) is 16.7. The standard InChI is InChI=1S/C14H20N2O4S/c1-10(14(17)20-2)21(18,19)16(13-6-7-13)9-11-4-3-5-12(15)8-11/h3-5,8,10,13H,6-7,9,15H2,1-2H3. The van der Waals surface area contributed by atoms with Crippen molar-refractivity contribution in [2.24, 2.45) is 0 Å². The van der Waals surface area contributed by atoms with Crippen LogP contribution < -0.4 is 5.73 Å². The molecular weight excluding hydrogens is 292 g/mol. The summed E-state index contributed by atoms with van der Waals surface area (Å²) in [6.07, 6.45) is 1.63. The van der Waals surface area contributed by atoms with Crippen molar-refractivity contribution in [3.63, 3.8) is 0 Å². The molecule has 2 N–H and O–H groups in total. The van der Waals surface area contributed by atoms with Crippen molar-refractivity contribution in [1.82, 2.24) is 4.31 Å². The zero-order valence-corrected chi connectivity index (χ0v) is 13.0. The maximum Gasteiger partial charge on any atom is 0.325 e. The summed E-state index contributed by atoms with van der Waals surface area (Å²) in [6.45, 7) is 1.58. The SMILES string of the molecule is COC(=O)C(C)S(=O)(=O)N(Cc1cccc(N)c1)C1CC1. The van der Waals surface area contributed by atoms with Crippen LogP contribution in [-0.2, 0) is 26.1 Å². The molecule has 1 aliphatic carbocycles. The average Bonchev–Trinajstić information content (AvgIpc) is 3.27. The number of ether oxygens (including phenoxy) is 1. The van der Waals surface area contributed by atoms with Crippen LogP contribution >= 0.6 is 0 Å². The molecule has 2 rings (SSSR count). The van der Waals surface area contributed by atoms with Crippen LogP contribution in [-0.4, -0.2) is 37.1 Å². The summed E-state index contributed by atoms with van der Waals surface area (Å²) in [5, 5.41) is -1.20. The van der Waals surface area contributed by atoms with Crippen molar-refractivity contribution < 1.29 is 17.9 Å². The lowest BCUT2D eigenvalue weighted by Crippen LogP contribution is -2.42. The number of methoxy groups -OCH3 is 1. The number of esters is 1. The number of sulfonamides is 1. The lowest BCUT2D eigenvalue weighted by atomic mass is 10.2. The van der Waals surface area contributed by atoms with E-state index in [1.165, 1.54) is 18.3 Å². The van der Waals surface area contributed by atoms with Gasteiger partial charge in [-0.25, -0.2) is 8.42 Å². The number of rotatable bonds is 6. The van der Waals surface area contributed by atoms with E-state index in [2.05, 4.69) is 4.74 Å². The summed E-state index contributed by atoms with van der Waals surface area (Å²) in [7, 11) is -2.55. The monoisotopic (exact) mass is 312 g/mol. The van der Waals surface area contributed by atoms with Crippen LogP contribution in [0.4, 0.5) is 5.69 Å². The highest BCUT2D eigenvalue weighted by atomic mass is 32.2. The van der Waals surface area contributed by atoms with E-state index in [0.717, 1.165) is 18.4 Å². The molecular formula is C14H20N2O4S. The first-order valence-electron chi connectivity index (χ1n) is 6.79. The van der Waals surface area contributed by atoms with Crippen LogP contribution in [0.15, 0.2) is 24.3 Å². The van der Waals surface area contributed by atoms with Gasteiger partial charge in [0.1, 0.15) is 0 Å². The third-order valence-corrected chi connectivity index (χ3v) is 5.72. The predicted octanol–water partition coefficient (Wildman–Crippen LogP) is 1.12. The molecule has 1 fully saturated rings. The summed E-state index contributed by atoms with van der Waals surface area (Å²) in [6, 6.07) is 7.06. The van der Waals surface area contributed by atoms with Crippen molar-refractivity contribution in [1.29, 1.82) is 0 Å². The lowest BCUT2D eigenvalue weighted by Gasteiger charge is -2.24. The van der Waals surface area contributed by atoms with Gasteiger partial charge < -0.3 is 10.5 Å². The highest BCUT2D eigenvalue weighted by molar-refractivity contribution is 7.90. The Labute approximate surface area is 124 Å². The number of nitrogens with zero attached hydrogens (tertiary/aromatic N) is 1. The van der Waals surface area contributed by atoms with E-state index in [1.54, 1.807) is 18.2 Å². The summed E-state index contributed by atoms with van der Waals surface area (Å²) in [5.41, 5.74) is 7.12. The summed E-state index contributed by atoms with van der Waals surface area (Å²) < 4.78 is 31.1. The predicted molar refractivity (Wildman–Crippen MR) is 79.8 cm³/mol. The van der Waals surface area contributed by atoms with Gasteiger partial charge in [0.15, 0.2) is 5.25 Å². The molecule has 0 saturated heterocycles. The minimum atomic E-state index is -3.74. The van der Waals surface area contributed by atoms with E-state index in [4.69, 9.17) is 5.73 Å². The molecule has 21 heavy (non-hydrogen) atoms. The molecule has 0 radical (unpaired) electrons. The number of carbonyl (C=O) groups excluding carboxylic acids is 1. The van der Waals surface area contributed by atoms with Gasteiger partial charge in [-0.1, -0.05) is 12.1 Å². The number of hydrogen-bond donors (Lipinski definition) is 1. The smallest absolute Gasteiger partial charge is 0.325 e. The van der Waals surface area contributed by atoms with Crippen molar-refractivity contribution in [3.05, 3.63) is 29.8 Å². The summed E-state index contributed by atoms with van der Waals surface area (Å²) in [4.78, 5) is 11.6. The minimum Gasteiger partial charge on any atom is -0.468 e. The number of carbonyl (C=O) groups is 1. The van der Waals surface area contributed by atoms with Crippen LogP contribution in [0.25, 0.3) is 0 Å². The molecule has 6 nitrogen and oxygen atoms in total. The van der Waals surface area contributed by atoms with E-state index in [1.807, 2.05) is 6.07 Å². The van der Waals surface area contributed by atoms with E-state index >= 15 is 0 Å². The first kappa shape index (κ1) is 15.8. The van der Waals surface area contributed by atoms with Crippen molar-refractivity contribution >= 4 is 21.7 Å². The van der Waals surface area contributed by atoms with Crippen molar-refractivity contribution in [2.75, 3.05) is 12.8 Å². The maximum atomic E-state index is 12.6. The van der Waals surface area contributed by atoms with Gasteiger partial charge in [0, 0.05) is 18.3 Å². The van der Waals surface area contributed by atoms with Crippen LogP contribution in [0.1, 0.15) is 25.3 Å². The van der Waals surface area contributed by atoms with E-state index < -0.39 is 21.2 Å². The van der Waals surface area contributed by atoms with Gasteiger partial charge in [-0.05, 0) is 37.5 Å². The Morgan fingerprint density at radius 1 is 1.48 bits per heavy atom. The highest BCUT2D eigenvalue weighted by Gasteiger charge is 2.42. The molecule has 0 amide bonds. The van der Waals surface area contributed by atoms with Gasteiger partial charge in [0.2, 0.25) is 10.0 Å². The zero-order valence-electron chi connectivity index (χ0n) is 12.2. The average molecular weight is 312 g/mol. The fourth-order valence-electron chi connectivity index (χ4n) is 2.15. The molecule has 0 heterocycles. The lowest BCUT2D eigenvalue weighted by molar-refractivity contribution is -0.139. The number of anilines is 1. The second kappa shape index (κ2) is 6.03. The van der Waals surface area contributed by atoms with Gasteiger partial charge in [-0.15, -0.1) is 0 Å². The Balaban J connectivity index is 2.25. The molecule has 1 aromatic carbocycles. The number of nitrogens with two attached hydrogens (primary N) is 1. The molecule has 1 aromatic rings. The minimum absolute atomic E-state index is 0.0384. The summed E-state index contributed by atoms with van der Waals surface area (Å²) in [5.74, 6) is -0.742. The molecule has 0 spiro atoms. The van der Waals surface area contributed by atoms with E-state index in [0.29, 0.717) is 5.69 Å². The molecule has 0 bridgehead atoms. The number of nitrogen functional groups attached to an aromatic ring is 1. The molecule has 0 aliphatic heterocycles. The molecule has 116 valence electrons. The Hall–Kier alpha value is -1.60. The molecule has 0 aromatic heterocycles. The van der Waals surface area contributed by atoms with Gasteiger partial charge in [-0.2, -0.15) is 4.31 Å². The van der Waals surface area contributed by atoms with Gasteiger partial charge in [-0.3, -0.25) is 4.79 Å². The van der Waals surface area contributed by atoms with E-state index in [-0.39, 0.29) is 12.6 Å². The number of benzene rings is 1. The fourth-order valence-corrected chi connectivity index (χ4v) is 3.85. The molecule has 7 heteroatoms. The van der Waals surface area contributed by atoms with E-state index in [9.17, 15) is 13.2 Å². The second-order valence-electron chi connectivity index (χ2n) is 5.23. The Kier molecular flexibility index (Phi) is 4.53. The van der Waals surface area contributed by atoms with Gasteiger partial charge >= 0.3 is 5.97 Å². The third kappa shape index (κ3) is 3.54. The van der Waals surface area contributed by atoms with Crippen LogP contribution in [0, 0.1) is 0 Å². The largest absolute Gasteiger partial charge is 0.468 e. The Morgan fingerprint density at radius 2 is 2.14 bits per heavy atom. The van der Waals surface area contributed by atoms with Gasteiger partial charge in [0.25, 0.3) is 0 Å². The first-order chi connectivity index (χ1) is 9.86. The first-order valence-corrected chi connectivity index (χ1v) is 8.29. The molecule has 1 atom stereocenters. The Morgan fingerprint density at radius 3 is 2.67 bits per heavy atom. The summed E-state index contributed by atoms with van der Waals surface area (Å²) >= 11 is 0. The number of hydrogen-bond acceptors (Lipinski definition) is 5. The third-order valence-electron chi connectivity index (χ3n) is 3.55. The topological polar surface area (TPSA) is 89.7 Å². The zero-order chi connectivity index (χ0) is 15.6. The second-order valence-corrected chi connectivity index (χ2v) is 7.44. The van der Waals surface area contributed by atoms with Crippen LogP contribution in [0.2, 0.25) is 0 Å². The molecule has 1 unspecified atom stereocenters. The molecule has 1 aliphatic rings.